The average molecular weight is 811 g/mol. The number of carbonyl (C=O) groups excluding carboxylic acids is 3. The normalized spacial score (nSPS) is 12.5. The Bertz CT molecular complexity index is 1070. The van der Waals surface area contributed by atoms with E-state index in [1.54, 1.807) is 0 Å². The summed E-state index contributed by atoms with van der Waals surface area (Å²) in [6.45, 7) is 6.51. The first kappa shape index (κ1) is 55.1. The largest absolute Gasteiger partial charge is 0.462 e. The van der Waals surface area contributed by atoms with Gasteiger partial charge in [-0.1, -0.05) is 197 Å². The molecule has 0 aromatic rings. The fraction of sp³-hybridized carbons (Fsp3) is 0.750. The lowest BCUT2D eigenvalue weighted by Crippen LogP contribution is -2.30. The van der Waals surface area contributed by atoms with Gasteiger partial charge >= 0.3 is 17.9 Å². The highest BCUT2D eigenvalue weighted by molar-refractivity contribution is 5.71. The van der Waals surface area contributed by atoms with Crippen molar-refractivity contribution in [2.24, 2.45) is 0 Å². The summed E-state index contributed by atoms with van der Waals surface area (Å²) < 4.78 is 16.7. The van der Waals surface area contributed by atoms with Crippen molar-refractivity contribution in [1.29, 1.82) is 0 Å². The quantitative estimate of drug-likeness (QED) is 0.0264. The smallest absolute Gasteiger partial charge is 0.306 e. The number of unbranched alkanes of at least 4 members (excludes halogenated alkanes) is 22. The average Bonchev–Trinajstić information content (AvgIpc) is 3.22. The summed E-state index contributed by atoms with van der Waals surface area (Å²) in [5.74, 6) is -0.961. The Hall–Kier alpha value is -2.89. The van der Waals surface area contributed by atoms with Crippen molar-refractivity contribution in [1.82, 2.24) is 0 Å². The molecule has 0 spiro atoms. The second-order valence-corrected chi connectivity index (χ2v) is 16.0. The van der Waals surface area contributed by atoms with E-state index in [9.17, 15) is 14.4 Å². The summed E-state index contributed by atoms with van der Waals surface area (Å²) in [6, 6.07) is 0. The van der Waals surface area contributed by atoms with Gasteiger partial charge in [0, 0.05) is 19.3 Å². The molecular formula is C52H90O6. The van der Waals surface area contributed by atoms with Crippen LogP contribution in [0, 0.1) is 0 Å². The van der Waals surface area contributed by atoms with Gasteiger partial charge in [0.05, 0.1) is 0 Å². The predicted octanol–water partition coefficient (Wildman–Crippen LogP) is 15.7. The Labute approximate surface area is 358 Å². The fourth-order valence-electron chi connectivity index (χ4n) is 6.53. The standard InChI is InChI=1S/C52H90O6/c1-4-7-10-13-16-19-22-24-25-26-27-28-31-33-36-39-42-45-51(54)57-48-49(47-56-50(53)44-41-38-35-32-29-21-18-15-12-9-6-3)58-52(55)46-43-40-37-34-30-23-20-17-14-11-8-5-2/h15-16,18-19,24-25,27-28,33,36,49H,4-14,17,20-23,26,29-32,34-35,37-48H2,1-3H3/b18-15-,19-16-,25-24-,28-27-,36-33-/t49-/m0/s1. The highest BCUT2D eigenvalue weighted by Gasteiger charge is 2.19. The molecular weight excluding hydrogens is 721 g/mol. The zero-order chi connectivity index (χ0) is 42.3. The molecule has 0 bridgehead atoms. The molecule has 0 rings (SSSR count). The van der Waals surface area contributed by atoms with E-state index in [0.717, 1.165) is 70.6 Å². The summed E-state index contributed by atoms with van der Waals surface area (Å²) in [6.07, 6.45) is 56.3. The lowest BCUT2D eigenvalue weighted by atomic mass is 10.0. The van der Waals surface area contributed by atoms with Gasteiger partial charge in [0.15, 0.2) is 6.10 Å². The van der Waals surface area contributed by atoms with Crippen LogP contribution in [0.1, 0.15) is 233 Å². The summed E-state index contributed by atoms with van der Waals surface area (Å²) >= 11 is 0. The molecule has 0 aliphatic rings. The Balaban J connectivity index is 4.45. The van der Waals surface area contributed by atoms with Gasteiger partial charge < -0.3 is 14.2 Å². The maximum Gasteiger partial charge on any atom is 0.306 e. The Kier molecular flexibility index (Phi) is 44.5. The number of ether oxygens (including phenoxy) is 3. The van der Waals surface area contributed by atoms with Crippen LogP contribution >= 0.6 is 0 Å². The molecule has 0 aromatic heterocycles. The van der Waals surface area contributed by atoms with Crippen LogP contribution in [0.5, 0.6) is 0 Å². The summed E-state index contributed by atoms with van der Waals surface area (Å²) in [5, 5.41) is 0. The zero-order valence-electron chi connectivity index (χ0n) is 38.0. The number of allylic oxidation sites excluding steroid dienone is 10. The monoisotopic (exact) mass is 811 g/mol. The van der Waals surface area contributed by atoms with Crippen molar-refractivity contribution < 1.29 is 28.6 Å². The molecule has 0 heterocycles. The topological polar surface area (TPSA) is 78.9 Å². The van der Waals surface area contributed by atoms with E-state index in [4.69, 9.17) is 14.2 Å². The van der Waals surface area contributed by atoms with E-state index in [2.05, 4.69) is 81.5 Å². The fourth-order valence-corrected chi connectivity index (χ4v) is 6.53. The number of esters is 3. The molecule has 0 unspecified atom stereocenters. The minimum Gasteiger partial charge on any atom is -0.462 e. The number of hydrogen-bond donors (Lipinski definition) is 0. The number of hydrogen-bond acceptors (Lipinski definition) is 6. The van der Waals surface area contributed by atoms with Crippen molar-refractivity contribution in [3.8, 4) is 0 Å². The molecule has 334 valence electrons. The van der Waals surface area contributed by atoms with Gasteiger partial charge in [0.1, 0.15) is 13.2 Å². The maximum absolute atomic E-state index is 12.7. The van der Waals surface area contributed by atoms with Gasteiger partial charge in [-0.25, -0.2) is 0 Å². The highest BCUT2D eigenvalue weighted by Crippen LogP contribution is 2.14. The van der Waals surface area contributed by atoms with Crippen molar-refractivity contribution in [2.45, 2.75) is 239 Å². The summed E-state index contributed by atoms with van der Waals surface area (Å²) in [7, 11) is 0. The molecule has 6 heteroatoms. The molecule has 0 saturated heterocycles. The maximum atomic E-state index is 12.7. The van der Waals surface area contributed by atoms with Crippen LogP contribution in [0.15, 0.2) is 60.8 Å². The van der Waals surface area contributed by atoms with Gasteiger partial charge in [-0.15, -0.1) is 0 Å². The third kappa shape index (κ3) is 44.2. The Morgan fingerprint density at radius 3 is 1.14 bits per heavy atom. The lowest BCUT2D eigenvalue weighted by Gasteiger charge is -2.18. The molecule has 0 amide bonds. The van der Waals surface area contributed by atoms with Crippen molar-refractivity contribution in [3.05, 3.63) is 60.8 Å². The minimum atomic E-state index is -0.795. The van der Waals surface area contributed by atoms with Crippen LogP contribution in [0.25, 0.3) is 0 Å². The van der Waals surface area contributed by atoms with E-state index in [-0.39, 0.29) is 37.5 Å². The second kappa shape index (κ2) is 46.8. The highest BCUT2D eigenvalue weighted by atomic mass is 16.6. The Morgan fingerprint density at radius 2 is 0.655 bits per heavy atom. The van der Waals surface area contributed by atoms with Gasteiger partial charge in [-0.2, -0.15) is 0 Å². The summed E-state index contributed by atoms with van der Waals surface area (Å²) in [4.78, 5) is 37.8. The third-order valence-electron chi connectivity index (χ3n) is 10.2. The number of carbonyl (C=O) groups is 3. The first-order chi connectivity index (χ1) is 28.5. The molecule has 1 atom stereocenters. The van der Waals surface area contributed by atoms with Crippen molar-refractivity contribution in [3.63, 3.8) is 0 Å². The van der Waals surface area contributed by atoms with E-state index >= 15 is 0 Å². The summed E-state index contributed by atoms with van der Waals surface area (Å²) in [5.41, 5.74) is 0. The van der Waals surface area contributed by atoms with Crippen LogP contribution in [-0.4, -0.2) is 37.2 Å². The second-order valence-electron chi connectivity index (χ2n) is 16.0. The molecule has 0 fully saturated rings. The third-order valence-corrected chi connectivity index (χ3v) is 10.2. The predicted molar refractivity (Wildman–Crippen MR) is 247 cm³/mol. The van der Waals surface area contributed by atoms with Gasteiger partial charge in [0.2, 0.25) is 0 Å². The van der Waals surface area contributed by atoms with Crippen LogP contribution in [-0.2, 0) is 28.6 Å². The van der Waals surface area contributed by atoms with E-state index in [0.29, 0.717) is 19.3 Å². The van der Waals surface area contributed by atoms with Crippen molar-refractivity contribution in [2.75, 3.05) is 13.2 Å². The molecule has 58 heavy (non-hydrogen) atoms. The molecule has 0 N–H and O–H groups in total. The molecule has 0 aromatic carbocycles. The molecule has 0 aliphatic heterocycles. The SMILES string of the molecule is CCCC/C=C\CCCCCCCC(=O)OC[C@@H](COC(=O)CCC/C=C\C/C=C\C/C=C\C/C=C\CCCCC)OC(=O)CCCCCCCCCCCCCC. The Morgan fingerprint density at radius 1 is 0.345 bits per heavy atom. The van der Waals surface area contributed by atoms with Crippen LogP contribution in [0.3, 0.4) is 0 Å². The van der Waals surface area contributed by atoms with Crippen LogP contribution < -0.4 is 0 Å². The van der Waals surface area contributed by atoms with Gasteiger partial charge in [-0.3, -0.25) is 14.4 Å². The number of rotatable bonds is 43. The van der Waals surface area contributed by atoms with Crippen LogP contribution in [0.2, 0.25) is 0 Å². The van der Waals surface area contributed by atoms with E-state index in [1.807, 2.05) is 0 Å². The molecule has 0 saturated carbocycles. The molecule has 0 radical (unpaired) electrons. The lowest BCUT2D eigenvalue weighted by molar-refractivity contribution is -0.167. The van der Waals surface area contributed by atoms with E-state index < -0.39 is 6.10 Å². The first-order valence-corrected chi connectivity index (χ1v) is 24.3. The first-order valence-electron chi connectivity index (χ1n) is 24.3. The molecule has 6 nitrogen and oxygen atoms in total. The zero-order valence-corrected chi connectivity index (χ0v) is 38.0. The van der Waals surface area contributed by atoms with E-state index in [1.165, 1.54) is 116 Å². The van der Waals surface area contributed by atoms with Gasteiger partial charge in [-0.05, 0) is 77.0 Å². The molecule has 0 aliphatic carbocycles. The van der Waals surface area contributed by atoms with Crippen LogP contribution in [0.4, 0.5) is 0 Å². The van der Waals surface area contributed by atoms with Crippen molar-refractivity contribution >= 4 is 17.9 Å². The van der Waals surface area contributed by atoms with Gasteiger partial charge in [0.25, 0.3) is 0 Å². The minimum absolute atomic E-state index is 0.0944.